The number of likely N-dealkylation sites (N-methyl/N-ethyl adjacent to an activating group) is 1. The highest BCUT2D eigenvalue weighted by Gasteiger charge is 2.25. The molecule has 1 atom stereocenters. The fraction of sp³-hybridized carbons (Fsp3) is 0.533. The number of nitrogens with zero attached hydrogens (tertiary/aromatic N) is 4. The fourth-order valence-electron chi connectivity index (χ4n) is 3.08. The van der Waals surface area contributed by atoms with Crippen LogP contribution in [0.5, 0.6) is 0 Å². The number of rotatable bonds is 4. The second-order valence-corrected chi connectivity index (χ2v) is 5.38. The van der Waals surface area contributed by atoms with Gasteiger partial charge in [-0.3, -0.25) is 4.40 Å². The molecule has 6 heteroatoms. The Hall–Kier alpha value is -1.95. The third-order valence-electron chi connectivity index (χ3n) is 4.23. The van der Waals surface area contributed by atoms with E-state index in [1.807, 2.05) is 10.6 Å². The van der Waals surface area contributed by atoms with Gasteiger partial charge in [-0.1, -0.05) is 6.92 Å². The summed E-state index contributed by atoms with van der Waals surface area (Å²) in [5.41, 5.74) is 1.19. The molecule has 1 saturated heterocycles. The molecule has 21 heavy (non-hydrogen) atoms. The van der Waals surface area contributed by atoms with Gasteiger partial charge in [-0.25, -0.2) is 4.79 Å². The van der Waals surface area contributed by atoms with Crippen molar-refractivity contribution in [3.63, 3.8) is 0 Å². The summed E-state index contributed by atoms with van der Waals surface area (Å²) < 4.78 is 6.68. The Morgan fingerprint density at radius 2 is 2.33 bits per heavy atom. The number of hydrogen-bond donors (Lipinski definition) is 0. The normalized spacial score (nSPS) is 19.2. The number of aromatic nitrogens is 3. The van der Waals surface area contributed by atoms with Crippen LogP contribution in [0.3, 0.4) is 0 Å². The first kappa shape index (κ1) is 14.0. The summed E-state index contributed by atoms with van der Waals surface area (Å²) in [6, 6.07) is 4.01. The molecule has 0 bridgehead atoms. The summed E-state index contributed by atoms with van der Waals surface area (Å²) in [5, 5.41) is 8.46. The molecule has 1 aliphatic heterocycles. The molecule has 0 aromatic carbocycles. The number of pyridine rings is 1. The van der Waals surface area contributed by atoms with Gasteiger partial charge in [0.25, 0.3) is 0 Å². The number of fused-ring (bicyclic) bond motifs is 1. The van der Waals surface area contributed by atoms with Gasteiger partial charge in [-0.05, 0) is 38.1 Å². The maximum absolute atomic E-state index is 11.5. The largest absolute Gasteiger partial charge is 0.465 e. The third kappa shape index (κ3) is 2.63. The number of esters is 1. The second kappa shape index (κ2) is 5.81. The van der Waals surface area contributed by atoms with E-state index in [1.54, 1.807) is 12.1 Å². The quantitative estimate of drug-likeness (QED) is 0.799. The van der Waals surface area contributed by atoms with E-state index in [0.29, 0.717) is 17.3 Å². The van der Waals surface area contributed by atoms with E-state index < -0.39 is 0 Å². The summed E-state index contributed by atoms with van der Waals surface area (Å²) in [7, 11) is 1.38. The molecule has 0 amide bonds. The van der Waals surface area contributed by atoms with Gasteiger partial charge in [0, 0.05) is 18.7 Å². The molecule has 0 spiro atoms. The predicted molar refractivity (Wildman–Crippen MR) is 78.3 cm³/mol. The Morgan fingerprint density at radius 1 is 1.48 bits per heavy atom. The Kier molecular flexibility index (Phi) is 3.88. The average molecular weight is 288 g/mol. The van der Waals surface area contributed by atoms with E-state index in [2.05, 4.69) is 22.0 Å². The fourth-order valence-corrected chi connectivity index (χ4v) is 3.08. The van der Waals surface area contributed by atoms with Gasteiger partial charge in [-0.15, -0.1) is 10.2 Å². The van der Waals surface area contributed by atoms with E-state index in [-0.39, 0.29) is 5.97 Å². The topological polar surface area (TPSA) is 59.7 Å². The average Bonchev–Trinajstić information content (AvgIpc) is 3.13. The van der Waals surface area contributed by atoms with Crippen LogP contribution in [0, 0.1) is 0 Å². The number of likely N-dealkylation sites (tertiary alicyclic amines) is 1. The van der Waals surface area contributed by atoms with E-state index in [4.69, 9.17) is 4.74 Å². The van der Waals surface area contributed by atoms with Crippen LogP contribution in [0.1, 0.15) is 35.9 Å². The second-order valence-electron chi connectivity index (χ2n) is 5.38. The van der Waals surface area contributed by atoms with Gasteiger partial charge in [0.15, 0.2) is 5.65 Å². The van der Waals surface area contributed by atoms with Crippen molar-refractivity contribution >= 4 is 11.6 Å². The number of methoxy groups -OCH3 is 1. The molecule has 1 unspecified atom stereocenters. The molecule has 6 nitrogen and oxygen atoms in total. The lowest BCUT2D eigenvalue weighted by Gasteiger charge is -2.21. The number of hydrogen-bond acceptors (Lipinski definition) is 5. The highest BCUT2D eigenvalue weighted by Crippen LogP contribution is 2.20. The lowest BCUT2D eigenvalue weighted by Crippen LogP contribution is -2.31. The third-order valence-corrected chi connectivity index (χ3v) is 4.23. The summed E-state index contributed by atoms with van der Waals surface area (Å²) in [4.78, 5) is 14.0. The highest BCUT2D eigenvalue weighted by molar-refractivity contribution is 5.90. The van der Waals surface area contributed by atoms with Crippen molar-refractivity contribution < 1.29 is 9.53 Å². The van der Waals surface area contributed by atoms with Crippen molar-refractivity contribution in [3.05, 3.63) is 29.7 Å². The molecular formula is C15H20N4O2. The van der Waals surface area contributed by atoms with Crippen molar-refractivity contribution in [3.8, 4) is 0 Å². The van der Waals surface area contributed by atoms with Crippen molar-refractivity contribution in [2.75, 3.05) is 20.2 Å². The van der Waals surface area contributed by atoms with Crippen molar-refractivity contribution in [2.45, 2.75) is 32.2 Å². The van der Waals surface area contributed by atoms with E-state index >= 15 is 0 Å². The van der Waals surface area contributed by atoms with Crippen molar-refractivity contribution in [2.24, 2.45) is 0 Å². The van der Waals surface area contributed by atoms with Crippen LogP contribution in [-0.4, -0.2) is 51.7 Å². The lowest BCUT2D eigenvalue weighted by molar-refractivity contribution is 0.0600. The Labute approximate surface area is 123 Å². The molecule has 0 radical (unpaired) electrons. The zero-order chi connectivity index (χ0) is 14.8. The zero-order valence-corrected chi connectivity index (χ0v) is 12.5. The zero-order valence-electron chi connectivity index (χ0n) is 12.5. The molecule has 112 valence electrons. The minimum Gasteiger partial charge on any atom is -0.465 e. The van der Waals surface area contributed by atoms with Gasteiger partial charge in [0.05, 0.1) is 12.7 Å². The molecule has 3 rings (SSSR count). The molecule has 0 N–H and O–H groups in total. The minimum atomic E-state index is -0.352. The number of carbonyl (C=O) groups is 1. The van der Waals surface area contributed by atoms with Gasteiger partial charge >= 0.3 is 5.97 Å². The molecular weight excluding hydrogens is 268 g/mol. The molecule has 1 fully saturated rings. The van der Waals surface area contributed by atoms with Gasteiger partial charge in [0.1, 0.15) is 5.82 Å². The highest BCUT2D eigenvalue weighted by atomic mass is 16.5. The molecule has 2 aromatic rings. The van der Waals surface area contributed by atoms with E-state index in [0.717, 1.165) is 18.8 Å². The van der Waals surface area contributed by atoms with E-state index in [9.17, 15) is 4.79 Å². The van der Waals surface area contributed by atoms with Crippen molar-refractivity contribution in [1.82, 2.24) is 19.5 Å². The standard InChI is InChI=1S/C15H20N4O2/c1-3-18-7-4-5-12(18)10-14-17-16-13-9-11(15(20)21-2)6-8-19(13)14/h6,8-9,12H,3-5,7,10H2,1-2H3. The van der Waals surface area contributed by atoms with Crippen LogP contribution < -0.4 is 0 Å². The summed E-state index contributed by atoms with van der Waals surface area (Å²) in [6.07, 6.45) is 5.21. The number of carbonyl (C=O) groups excluding carboxylic acids is 1. The maximum Gasteiger partial charge on any atom is 0.338 e. The lowest BCUT2D eigenvalue weighted by atomic mass is 10.1. The first-order valence-electron chi connectivity index (χ1n) is 7.39. The Balaban J connectivity index is 1.85. The molecule has 1 aliphatic rings. The van der Waals surface area contributed by atoms with E-state index in [1.165, 1.54) is 26.5 Å². The Morgan fingerprint density at radius 3 is 3.10 bits per heavy atom. The van der Waals surface area contributed by atoms with Gasteiger partial charge < -0.3 is 9.64 Å². The van der Waals surface area contributed by atoms with Crippen LogP contribution in [0.2, 0.25) is 0 Å². The number of ether oxygens (including phenoxy) is 1. The maximum atomic E-state index is 11.5. The molecule has 0 aliphatic carbocycles. The minimum absolute atomic E-state index is 0.352. The van der Waals surface area contributed by atoms with Gasteiger partial charge in [-0.2, -0.15) is 0 Å². The summed E-state index contributed by atoms with van der Waals surface area (Å²) in [5.74, 6) is 0.599. The summed E-state index contributed by atoms with van der Waals surface area (Å²) in [6.45, 7) is 4.45. The van der Waals surface area contributed by atoms with Gasteiger partial charge in [0.2, 0.25) is 0 Å². The first-order chi connectivity index (χ1) is 10.2. The SMILES string of the molecule is CCN1CCCC1Cc1nnc2cc(C(=O)OC)ccn12. The van der Waals surface area contributed by atoms with Crippen LogP contribution in [-0.2, 0) is 11.2 Å². The first-order valence-corrected chi connectivity index (χ1v) is 7.39. The monoisotopic (exact) mass is 288 g/mol. The Bertz CT molecular complexity index is 652. The molecule has 3 heterocycles. The van der Waals surface area contributed by atoms with Crippen LogP contribution in [0.4, 0.5) is 0 Å². The molecule has 0 saturated carbocycles. The van der Waals surface area contributed by atoms with Crippen LogP contribution in [0.15, 0.2) is 18.3 Å². The predicted octanol–water partition coefficient (Wildman–Crippen LogP) is 1.54. The van der Waals surface area contributed by atoms with Crippen LogP contribution in [0.25, 0.3) is 5.65 Å². The van der Waals surface area contributed by atoms with Crippen LogP contribution >= 0.6 is 0 Å². The van der Waals surface area contributed by atoms with Crippen molar-refractivity contribution in [1.29, 1.82) is 0 Å². The smallest absolute Gasteiger partial charge is 0.338 e. The summed E-state index contributed by atoms with van der Waals surface area (Å²) >= 11 is 0. The molecule has 2 aromatic heterocycles.